The van der Waals surface area contributed by atoms with Gasteiger partial charge in [0.25, 0.3) is 0 Å². The molecule has 0 radical (unpaired) electrons. The molecule has 0 saturated carbocycles. The van der Waals surface area contributed by atoms with Crippen LogP contribution in [0.3, 0.4) is 0 Å². The molecule has 0 bridgehead atoms. The highest BCUT2D eigenvalue weighted by Gasteiger charge is 2.15. The molecule has 0 amide bonds. The molecule has 5 heteroatoms. The molecule has 0 aliphatic carbocycles. The Bertz CT molecular complexity index is 807. The Hall–Kier alpha value is -2.53. The van der Waals surface area contributed by atoms with Gasteiger partial charge in [-0.05, 0) is 28.8 Å². The van der Waals surface area contributed by atoms with Crippen LogP contribution in [0.1, 0.15) is 24.5 Å². The summed E-state index contributed by atoms with van der Waals surface area (Å²) in [5.74, 6) is 0.258. The van der Waals surface area contributed by atoms with Gasteiger partial charge in [0.1, 0.15) is 11.3 Å². The zero-order valence-electron chi connectivity index (χ0n) is 12.4. The van der Waals surface area contributed by atoms with Crippen molar-refractivity contribution in [1.82, 2.24) is 9.38 Å². The van der Waals surface area contributed by atoms with Crippen LogP contribution >= 0.6 is 0 Å². The first-order valence-corrected chi connectivity index (χ1v) is 7.31. The number of fused-ring (bicyclic) bond motifs is 1. The summed E-state index contributed by atoms with van der Waals surface area (Å²) in [5, 5.41) is 12.4. The molecule has 112 valence electrons. The van der Waals surface area contributed by atoms with Crippen molar-refractivity contribution in [1.29, 1.82) is 0 Å². The van der Waals surface area contributed by atoms with E-state index in [4.69, 9.17) is 0 Å². The molecule has 5 nitrogen and oxygen atoms in total. The van der Waals surface area contributed by atoms with Crippen LogP contribution in [0.4, 0.5) is 5.82 Å². The fraction of sp³-hybridized carbons (Fsp3) is 0.235. The van der Waals surface area contributed by atoms with Gasteiger partial charge in [0.2, 0.25) is 5.82 Å². The van der Waals surface area contributed by atoms with Gasteiger partial charge >= 0.3 is 0 Å². The quantitative estimate of drug-likeness (QED) is 0.727. The van der Waals surface area contributed by atoms with E-state index in [0.29, 0.717) is 16.9 Å². The lowest BCUT2D eigenvalue weighted by atomic mass is 10.1. The zero-order valence-corrected chi connectivity index (χ0v) is 12.4. The van der Waals surface area contributed by atoms with Gasteiger partial charge in [-0.2, -0.15) is 0 Å². The monoisotopic (exact) mass is 295 g/mol. The third kappa shape index (κ3) is 2.51. The van der Waals surface area contributed by atoms with Gasteiger partial charge in [0, 0.05) is 11.8 Å². The zero-order chi connectivity index (χ0) is 15.5. The number of aryl methyl sites for hydroxylation is 1. The summed E-state index contributed by atoms with van der Waals surface area (Å²) in [5.41, 5.74) is 4.04. The Labute approximate surface area is 128 Å². The first kappa shape index (κ1) is 14.4. The Kier molecular flexibility index (Phi) is 3.98. The minimum absolute atomic E-state index is 0.0898. The summed E-state index contributed by atoms with van der Waals surface area (Å²) in [7, 11) is 0. The molecule has 0 fully saturated rings. The van der Waals surface area contributed by atoms with E-state index in [1.165, 1.54) is 5.56 Å². The molecule has 1 aromatic carbocycles. The van der Waals surface area contributed by atoms with Crippen molar-refractivity contribution in [2.24, 2.45) is 5.18 Å². The van der Waals surface area contributed by atoms with E-state index in [0.717, 1.165) is 18.4 Å². The van der Waals surface area contributed by atoms with Gasteiger partial charge < -0.3 is 5.11 Å². The van der Waals surface area contributed by atoms with E-state index in [1.54, 1.807) is 22.7 Å². The van der Waals surface area contributed by atoms with E-state index >= 15 is 0 Å². The summed E-state index contributed by atoms with van der Waals surface area (Å²) in [6.45, 7) is 2.05. The van der Waals surface area contributed by atoms with Crippen molar-refractivity contribution in [2.75, 3.05) is 0 Å². The maximum Gasteiger partial charge on any atom is 0.209 e. The third-order valence-corrected chi connectivity index (χ3v) is 3.69. The molecule has 0 unspecified atom stereocenters. The topological polar surface area (TPSA) is 67.0 Å². The highest BCUT2D eigenvalue weighted by atomic mass is 16.3. The minimum Gasteiger partial charge on any atom is -0.392 e. The standard InChI is InChI=1S/C17H17N3O2/c1-2-3-12-4-7-14(8-5-12)16-17(19-22)20-10-13(11-21)6-9-15(20)18-16/h4-10,21H,2-3,11H2,1H3. The molecular weight excluding hydrogens is 278 g/mol. The summed E-state index contributed by atoms with van der Waals surface area (Å²) >= 11 is 0. The predicted octanol–water partition coefficient (Wildman–Crippen LogP) is 3.84. The number of aliphatic hydroxyl groups is 1. The number of rotatable bonds is 5. The fourth-order valence-electron chi connectivity index (χ4n) is 2.57. The summed E-state index contributed by atoms with van der Waals surface area (Å²) in [6.07, 6.45) is 3.82. The van der Waals surface area contributed by atoms with Crippen molar-refractivity contribution in [2.45, 2.75) is 26.4 Å². The van der Waals surface area contributed by atoms with Crippen molar-refractivity contribution < 1.29 is 5.11 Å². The van der Waals surface area contributed by atoms with Crippen molar-refractivity contribution in [3.63, 3.8) is 0 Å². The van der Waals surface area contributed by atoms with Crippen LogP contribution in [0, 0.1) is 4.91 Å². The number of aliphatic hydroxyl groups excluding tert-OH is 1. The molecule has 0 saturated heterocycles. The van der Waals surface area contributed by atoms with E-state index < -0.39 is 0 Å². The van der Waals surface area contributed by atoms with Crippen LogP contribution in [0.25, 0.3) is 16.9 Å². The van der Waals surface area contributed by atoms with Crippen LogP contribution in [0.2, 0.25) is 0 Å². The minimum atomic E-state index is -0.0898. The number of hydrogen-bond acceptors (Lipinski definition) is 4. The largest absolute Gasteiger partial charge is 0.392 e. The molecule has 0 aliphatic rings. The second-order valence-corrected chi connectivity index (χ2v) is 5.25. The summed E-state index contributed by atoms with van der Waals surface area (Å²) in [4.78, 5) is 15.8. The van der Waals surface area contributed by atoms with E-state index in [2.05, 4.69) is 29.2 Å². The van der Waals surface area contributed by atoms with E-state index in [9.17, 15) is 10.0 Å². The SMILES string of the molecule is CCCc1ccc(-c2nc3ccc(CO)cn3c2N=O)cc1. The van der Waals surface area contributed by atoms with Gasteiger partial charge in [-0.15, -0.1) is 4.91 Å². The molecule has 0 atom stereocenters. The van der Waals surface area contributed by atoms with Crippen LogP contribution < -0.4 is 0 Å². The number of nitroso groups, excluding NO2 is 1. The highest BCUT2D eigenvalue weighted by Crippen LogP contribution is 2.31. The molecule has 2 aromatic heterocycles. The summed E-state index contributed by atoms with van der Waals surface area (Å²) in [6, 6.07) is 11.6. The van der Waals surface area contributed by atoms with Crippen molar-refractivity contribution in [3.8, 4) is 11.3 Å². The van der Waals surface area contributed by atoms with Gasteiger partial charge in [0.15, 0.2) is 0 Å². The van der Waals surface area contributed by atoms with Crippen molar-refractivity contribution >= 4 is 11.5 Å². The predicted molar refractivity (Wildman–Crippen MR) is 86.0 cm³/mol. The average molecular weight is 295 g/mol. The van der Waals surface area contributed by atoms with Gasteiger partial charge in [-0.1, -0.05) is 43.7 Å². The maximum atomic E-state index is 11.3. The van der Waals surface area contributed by atoms with E-state index in [1.807, 2.05) is 12.1 Å². The first-order chi connectivity index (χ1) is 10.8. The number of hydrogen-bond donors (Lipinski definition) is 1. The maximum absolute atomic E-state index is 11.3. The molecule has 3 rings (SSSR count). The number of imidazole rings is 1. The molecule has 2 heterocycles. The van der Waals surface area contributed by atoms with Crippen LogP contribution in [0.5, 0.6) is 0 Å². The number of aromatic nitrogens is 2. The Morgan fingerprint density at radius 2 is 1.86 bits per heavy atom. The van der Waals surface area contributed by atoms with E-state index in [-0.39, 0.29) is 12.4 Å². The second-order valence-electron chi connectivity index (χ2n) is 5.25. The summed E-state index contributed by atoms with van der Waals surface area (Å²) < 4.78 is 1.62. The number of nitrogens with zero attached hydrogens (tertiary/aromatic N) is 3. The van der Waals surface area contributed by atoms with Gasteiger partial charge in [-0.3, -0.25) is 4.40 Å². The Morgan fingerprint density at radius 3 is 2.50 bits per heavy atom. The lowest BCUT2D eigenvalue weighted by molar-refractivity contribution is 0.281. The normalized spacial score (nSPS) is 11.0. The van der Waals surface area contributed by atoms with Crippen LogP contribution in [-0.2, 0) is 13.0 Å². The molecule has 22 heavy (non-hydrogen) atoms. The molecule has 1 N–H and O–H groups in total. The lowest BCUT2D eigenvalue weighted by Gasteiger charge is -2.01. The Morgan fingerprint density at radius 1 is 1.14 bits per heavy atom. The Balaban J connectivity index is 2.11. The average Bonchev–Trinajstić information content (AvgIpc) is 2.93. The van der Waals surface area contributed by atoms with Crippen LogP contribution in [0.15, 0.2) is 47.8 Å². The van der Waals surface area contributed by atoms with Gasteiger partial charge in [0.05, 0.1) is 6.61 Å². The number of benzene rings is 1. The highest BCUT2D eigenvalue weighted by molar-refractivity contribution is 5.74. The lowest BCUT2D eigenvalue weighted by Crippen LogP contribution is -1.89. The number of pyridine rings is 1. The smallest absolute Gasteiger partial charge is 0.209 e. The molecular formula is C17H17N3O2. The first-order valence-electron chi connectivity index (χ1n) is 7.31. The van der Waals surface area contributed by atoms with Crippen molar-refractivity contribution in [3.05, 3.63) is 58.6 Å². The van der Waals surface area contributed by atoms with Gasteiger partial charge in [-0.25, -0.2) is 4.98 Å². The fourth-order valence-corrected chi connectivity index (χ4v) is 2.57. The molecule has 0 spiro atoms. The molecule has 0 aliphatic heterocycles. The third-order valence-electron chi connectivity index (χ3n) is 3.69. The second kappa shape index (κ2) is 6.07. The molecule has 3 aromatic rings. The van der Waals surface area contributed by atoms with Crippen LogP contribution in [-0.4, -0.2) is 14.5 Å².